The predicted octanol–water partition coefficient (Wildman–Crippen LogP) is -2.04. The van der Waals surface area contributed by atoms with Crippen molar-refractivity contribution >= 4 is 0 Å². The van der Waals surface area contributed by atoms with E-state index in [1.54, 1.807) is 3.28 Å². The van der Waals surface area contributed by atoms with E-state index in [1.165, 1.54) is 23.1 Å². The van der Waals surface area contributed by atoms with Crippen molar-refractivity contribution in [3.05, 3.63) is 20.0 Å². The first-order chi connectivity index (χ1) is 7.92. The van der Waals surface area contributed by atoms with E-state index in [1.807, 2.05) is 0 Å². The van der Waals surface area contributed by atoms with E-state index in [2.05, 4.69) is 45.0 Å². The van der Waals surface area contributed by atoms with Crippen LogP contribution in [0.3, 0.4) is 0 Å². The number of hydrogen-bond acceptors (Lipinski definition) is 2. The van der Waals surface area contributed by atoms with Gasteiger partial charge in [-0.05, 0) is 0 Å². The fraction of sp³-hybridized carbons (Fsp3) is 0.714. The van der Waals surface area contributed by atoms with Crippen LogP contribution in [0.25, 0.3) is 0 Å². The first-order valence-electron chi connectivity index (χ1n) is 6.45. The normalized spacial score (nSPS) is 16.9. The quantitative estimate of drug-likeness (QED) is 0.421. The molecule has 1 rings (SSSR count). The molecule has 0 heterocycles. The summed E-state index contributed by atoms with van der Waals surface area (Å²) >= 11 is -0.785. The Hall–Kier alpha value is 0.863. The molecule has 0 fully saturated rings. The summed E-state index contributed by atoms with van der Waals surface area (Å²) in [6.07, 6.45) is 2.34. The number of allylic oxidation sites excluding steroid dienone is 4. The zero-order valence-electron chi connectivity index (χ0n) is 12.8. The van der Waals surface area contributed by atoms with E-state index in [9.17, 15) is 0 Å². The third kappa shape index (κ3) is 5.28. The van der Waals surface area contributed by atoms with E-state index in [4.69, 9.17) is 4.84 Å². The molecule has 19 heavy (non-hydrogen) atoms. The largest absolute Gasteiger partial charge is 1.00 e. The van der Waals surface area contributed by atoms with E-state index < -0.39 is 23.5 Å². The molecule has 1 aliphatic carbocycles. The summed E-state index contributed by atoms with van der Waals surface area (Å²) in [6, 6.07) is 0. The minimum absolute atomic E-state index is 0. The van der Waals surface area contributed by atoms with Crippen molar-refractivity contribution < 1.29 is 53.2 Å². The summed E-state index contributed by atoms with van der Waals surface area (Å²) in [5, 5.41) is 0. The average molecular weight is 385 g/mol. The molecular weight excluding hydrogens is 360 g/mol. The van der Waals surface area contributed by atoms with Crippen molar-refractivity contribution in [1.29, 1.82) is 0 Å². The molecule has 0 atom stereocenters. The molecule has 0 unspecified atom stereocenters. The second-order valence-electron chi connectivity index (χ2n) is 5.30. The van der Waals surface area contributed by atoms with Gasteiger partial charge in [-0.3, -0.25) is 0 Å². The molecule has 0 aromatic carbocycles. The van der Waals surface area contributed by atoms with Gasteiger partial charge in [-0.15, -0.1) is 0 Å². The fourth-order valence-corrected chi connectivity index (χ4v) is 5.03. The molecule has 0 bridgehead atoms. The van der Waals surface area contributed by atoms with Crippen molar-refractivity contribution in [3.63, 3.8) is 0 Å². The SMILES string of the molecule is CCCCO[NH][Zr+2][C]1=C(C)C(C)=C(C)C1(C)C.[Cl-].[Cl-]. The van der Waals surface area contributed by atoms with Crippen LogP contribution in [0.15, 0.2) is 20.0 Å². The number of nitrogens with one attached hydrogen (secondary N) is 1. The summed E-state index contributed by atoms with van der Waals surface area (Å²) < 4.78 is 4.91. The monoisotopic (exact) mass is 383 g/mol. The smallest absolute Gasteiger partial charge is 1.00 e. The first kappa shape index (κ1) is 22.1. The second-order valence-corrected chi connectivity index (χ2v) is 7.65. The van der Waals surface area contributed by atoms with Crippen LogP contribution in [0.4, 0.5) is 0 Å². The Kier molecular flexibility index (Phi) is 11.4. The zero-order valence-corrected chi connectivity index (χ0v) is 16.8. The van der Waals surface area contributed by atoms with Crippen molar-refractivity contribution in [1.82, 2.24) is 3.42 Å². The molecule has 0 spiro atoms. The Labute approximate surface area is 142 Å². The molecular formula is C14H25Cl2NOZr. The summed E-state index contributed by atoms with van der Waals surface area (Å²) in [5.74, 6) is 0. The van der Waals surface area contributed by atoms with E-state index >= 15 is 0 Å². The molecule has 1 N–H and O–H groups in total. The molecule has 0 saturated carbocycles. The van der Waals surface area contributed by atoms with Gasteiger partial charge in [0.25, 0.3) is 0 Å². The minimum atomic E-state index is -0.785. The van der Waals surface area contributed by atoms with Crippen LogP contribution in [0, 0.1) is 5.41 Å². The van der Waals surface area contributed by atoms with E-state index in [0.29, 0.717) is 0 Å². The molecule has 0 aliphatic heterocycles. The van der Waals surface area contributed by atoms with Crippen molar-refractivity contribution in [2.24, 2.45) is 5.41 Å². The van der Waals surface area contributed by atoms with Gasteiger partial charge in [-0.25, -0.2) is 0 Å². The van der Waals surface area contributed by atoms with Crippen LogP contribution in [-0.4, -0.2) is 6.61 Å². The van der Waals surface area contributed by atoms with Gasteiger partial charge in [0.15, 0.2) is 0 Å². The summed E-state index contributed by atoms with van der Waals surface area (Å²) in [6.45, 7) is 14.5. The van der Waals surface area contributed by atoms with Gasteiger partial charge in [-0.2, -0.15) is 0 Å². The Morgan fingerprint density at radius 3 is 2.11 bits per heavy atom. The zero-order chi connectivity index (χ0) is 13.1. The minimum Gasteiger partial charge on any atom is -1.00 e. The summed E-state index contributed by atoms with van der Waals surface area (Å²) in [4.78, 5) is 5.52. The van der Waals surface area contributed by atoms with Gasteiger partial charge in [-0.1, -0.05) is 0 Å². The third-order valence-electron chi connectivity index (χ3n) is 3.91. The maximum atomic E-state index is 5.52. The summed E-state index contributed by atoms with van der Waals surface area (Å²) in [7, 11) is 0. The van der Waals surface area contributed by atoms with Crippen molar-refractivity contribution in [2.45, 2.75) is 54.4 Å². The van der Waals surface area contributed by atoms with Gasteiger partial charge in [0, 0.05) is 0 Å². The standard InChI is InChI=1S/C10H15.C4H10NO.2ClH.Zr/c1-7-6-10(4,5)9(3)8(7)2;1-2-3-4-6-5;;;/h1-5H3;5H,2-4H2,1H3;2*1H;/q;-1;;;+3/p-2. The molecule has 0 aromatic heterocycles. The predicted molar refractivity (Wildman–Crippen MR) is 68.9 cm³/mol. The van der Waals surface area contributed by atoms with Gasteiger partial charge in [0.05, 0.1) is 0 Å². The first-order valence-corrected chi connectivity index (χ1v) is 8.91. The molecule has 0 amide bonds. The van der Waals surface area contributed by atoms with Crippen LogP contribution >= 0.6 is 0 Å². The Bertz CT molecular complexity index is 351. The number of unbranched alkanes of at least 4 members (excludes halogenated alkanes) is 1. The molecule has 2 nitrogen and oxygen atoms in total. The number of hydrogen-bond donors (Lipinski definition) is 1. The fourth-order valence-electron chi connectivity index (χ4n) is 2.20. The van der Waals surface area contributed by atoms with Crippen molar-refractivity contribution in [3.8, 4) is 0 Å². The van der Waals surface area contributed by atoms with E-state index in [-0.39, 0.29) is 30.2 Å². The van der Waals surface area contributed by atoms with Crippen LogP contribution in [0.5, 0.6) is 0 Å². The Morgan fingerprint density at radius 1 is 1.11 bits per heavy atom. The van der Waals surface area contributed by atoms with Crippen LogP contribution < -0.4 is 28.2 Å². The van der Waals surface area contributed by atoms with Crippen LogP contribution in [0.2, 0.25) is 0 Å². The van der Waals surface area contributed by atoms with E-state index in [0.717, 1.165) is 13.0 Å². The number of rotatable bonds is 6. The number of halogens is 2. The Balaban J connectivity index is 0. The maximum absolute atomic E-state index is 5.52. The second kappa shape index (κ2) is 9.74. The third-order valence-corrected chi connectivity index (χ3v) is 7.59. The van der Waals surface area contributed by atoms with Gasteiger partial charge in [0.1, 0.15) is 0 Å². The van der Waals surface area contributed by atoms with Crippen molar-refractivity contribution in [2.75, 3.05) is 6.61 Å². The molecule has 1 aliphatic rings. The molecule has 110 valence electrons. The van der Waals surface area contributed by atoms with Crippen LogP contribution in [0.1, 0.15) is 54.4 Å². The maximum Gasteiger partial charge on any atom is -1.00 e. The van der Waals surface area contributed by atoms with Gasteiger partial charge in [0.2, 0.25) is 0 Å². The molecule has 0 radical (unpaired) electrons. The van der Waals surface area contributed by atoms with Gasteiger partial charge >= 0.3 is 118 Å². The average Bonchev–Trinajstić information content (AvgIpc) is 2.43. The molecule has 5 heteroatoms. The van der Waals surface area contributed by atoms with Gasteiger partial charge < -0.3 is 24.8 Å². The summed E-state index contributed by atoms with van der Waals surface area (Å²) in [5.41, 5.74) is 4.77. The Morgan fingerprint density at radius 2 is 1.68 bits per heavy atom. The topological polar surface area (TPSA) is 21.3 Å². The van der Waals surface area contributed by atoms with Crippen LogP contribution in [-0.2, 0) is 28.4 Å². The molecule has 0 saturated heterocycles. The molecule has 0 aromatic rings.